The van der Waals surface area contributed by atoms with Gasteiger partial charge in [-0.15, -0.1) is 0 Å². The number of allylic oxidation sites excluding steroid dienone is 2. The van der Waals surface area contributed by atoms with E-state index in [1.165, 1.54) is 40.6 Å². The minimum atomic E-state index is -0.388. The molecule has 0 unspecified atom stereocenters. The highest BCUT2D eigenvalue weighted by atomic mass is 19.1. The molecule has 0 radical (unpaired) electrons. The van der Waals surface area contributed by atoms with Gasteiger partial charge in [-0.05, 0) is 87.3 Å². The molecule has 0 bridgehead atoms. The van der Waals surface area contributed by atoms with Gasteiger partial charge in [0.15, 0.2) is 5.78 Å². The number of halogens is 1. The number of benzene rings is 2. The summed E-state index contributed by atoms with van der Waals surface area (Å²) in [5.74, 6) is -0.552. The molecule has 0 aliphatic rings. The van der Waals surface area contributed by atoms with Crippen LogP contribution in [-0.2, 0) is 6.42 Å². The molecular weight excluding hydrogens is 349 g/mol. The number of nitrogens with zero attached hydrogens (tertiary/aromatic N) is 1. The highest BCUT2D eigenvalue weighted by molar-refractivity contribution is 6.04. The zero-order chi connectivity index (χ0) is 20.4. The first-order chi connectivity index (χ1) is 13.5. The van der Waals surface area contributed by atoms with Crippen LogP contribution in [0.25, 0.3) is 0 Å². The molecule has 2 aromatic carbocycles. The standard InChI is InChI=1S/C25H30FNO.H2/c1-19-15-16-21(17-20(19)2)9-4-5-12-24(27-3)13-6-7-14-25(28)22-10-8-11-23(26)18-22;/h7-8,10-11,14-18H,4-6,9,12-13H2,1-3H3;1H/b14-7+,27-24?;. The first-order valence-electron chi connectivity index (χ1n) is 9.96. The van der Waals surface area contributed by atoms with Crippen molar-refractivity contribution in [1.82, 2.24) is 0 Å². The second-order valence-corrected chi connectivity index (χ2v) is 7.23. The molecule has 0 atom stereocenters. The molecule has 0 N–H and O–H groups in total. The topological polar surface area (TPSA) is 29.4 Å². The predicted octanol–water partition coefficient (Wildman–Crippen LogP) is 6.69. The van der Waals surface area contributed by atoms with Crippen LogP contribution in [0.5, 0.6) is 0 Å². The zero-order valence-corrected chi connectivity index (χ0v) is 17.2. The van der Waals surface area contributed by atoms with E-state index in [1.54, 1.807) is 12.1 Å². The average molecular weight is 382 g/mol. The number of rotatable bonds is 10. The van der Waals surface area contributed by atoms with Gasteiger partial charge in [0, 0.05) is 19.7 Å². The van der Waals surface area contributed by atoms with Crippen LogP contribution in [0.2, 0.25) is 0 Å². The lowest BCUT2D eigenvalue weighted by atomic mass is 10.0. The Morgan fingerprint density at radius 3 is 2.61 bits per heavy atom. The van der Waals surface area contributed by atoms with Crippen LogP contribution in [0.1, 0.15) is 60.6 Å². The van der Waals surface area contributed by atoms with Gasteiger partial charge in [0.25, 0.3) is 0 Å². The fourth-order valence-corrected chi connectivity index (χ4v) is 3.14. The summed E-state index contributed by atoms with van der Waals surface area (Å²) in [6.45, 7) is 4.30. The smallest absolute Gasteiger partial charge is 0.185 e. The number of hydrogen-bond donors (Lipinski definition) is 0. The summed E-state index contributed by atoms with van der Waals surface area (Å²) in [6, 6.07) is 12.5. The molecule has 0 fully saturated rings. The molecular formula is C25H32FNO. The van der Waals surface area contributed by atoms with Gasteiger partial charge in [0.1, 0.15) is 5.82 Å². The maximum atomic E-state index is 13.2. The Hall–Kier alpha value is -2.55. The molecule has 2 nitrogen and oxygen atoms in total. The van der Waals surface area contributed by atoms with E-state index in [1.807, 2.05) is 13.1 Å². The third kappa shape index (κ3) is 7.22. The van der Waals surface area contributed by atoms with E-state index in [-0.39, 0.29) is 13.0 Å². The molecule has 0 amide bonds. The van der Waals surface area contributed by atoms with Crippen LogP contribution >= 0.6 is 0 Å². The normalized spacial score (nSPS) is 11.9. The number of aliphatic imine (C=N–C) groups is 1. The van der Waals surface area contributed by atoms with Crippen molar-refractivity contribution < 1.29 is 10.6 Å². The van der Waals surface area contributed by atoms with E-state index in [0.29, 0.717) is 5.56 Å². The molecule has 0 aliphatic heterocycles. The van der Waals surface area contributed by atoms with Gasteiger partial charge in [-0.1, -0.05) is 36.4 Å². The third-order valence-corrected chi connectivity index (χ3v) is 5.05. The number of carbonyl (C=O) groups excluding carboxylic acids is 1. The Balaban J connectivity index is 0.00000420. The van der Waals surface area contributed by atoms with Crippen LogP contribution in [0.15, 0.2) is 59.6 Å². The van der Waals surface area contributed by atoms with Crippen molar-refractivity contribution in [3.8, 4) is 0 Å². The Morgan fingerprint density at radius 1 is 1.07 bits per heavy atom. The van der Waals surface area contributed by atoms with Crippen LogP contribution in [0.3, 0.4) is 0 Å². The Kier molecular flexibility index (Phi) is 8.80. The summed E-state index contributed by atoms with van der Waals surface area (Å²) in [4.78, 5) is 16.4. The fourth-order valence-electron chi connectivity index (χ4n) is 3.14. The summed E-state index contributed by atoms with van der Waals surface area (Å²) in [6.07, 6.45) is 9.36. The first-order valence-corrected chi connectivity index (χ1v) is 9.96. The zero-order valence-electron chi connectivity index (χ0n) is 17.2. The van der Waals surface area contributed by atoms with Gasteiger partial charge in [-0.3, -0.25) is 9.79 Å². The van der Waals surface area contributed by atoms with Gasteiger partial charge in [-0.2, -0.15) is 0 Å². The molecule has 150 valence electrons. The molecule has 2 aromatic rings. The van der Waals surface area contributed by atoms with E-state index in [0.717, 1.165) is 38.5 Å². The SMILES string of the molecule is CN=C(CC/C=C/C(=O)c1cccc(F)c1)CCCCc1ccc(C)c(C)c1.[HH]. The van der Waals surface area contributed by atoms with Gasteiger partial charge in [-0.25, -0.2) is 4.39 Å². The summed E-state index contributed by atoms with van der Waals surface area (Å²) in [5.41, 5.74) is 5.66. The van der Waals surface area contributed by atoms with E-state index < -0.39 is 0 Å². The molecule has 0 aliphatic carbocycles. The number of ketones is 1. The highest BCUT2D eigenvalue weighted by Gasteiger charge is 2.03. The quantitative estimate of drug-likeness (QED) is 0.195. The molecule has 2 rings (SSSR count). The van der Waals surface area contributed by atoms with Gasteiger partial charge >= 0.3 is 0 Å². The minimum absolute atomic E-state index is 0. The summed E-state index contributed by atoms with van der Waals surface area (Å²) >= 11 is 0. The molecule has 0 aromatic heterocycles. The van der Waals surface area contributed by atoms with Crippen molar-refractivity contribution in [2.24, 2.45) is 4.99 Å². The second kappa shape index (κ2) is 11.3. The van der Waals surface area contributed by atoms with Crippen LogP contribution in [0, 0.1) is 19.7 Å². The maximum absolute atomic E-state index is 13.2. The number of hydrogen-bond acceptors (Lipinski definition) is 2. The molecule has 3 heteroatoms. The van der Waals surface area contributed by atoms with E-state index in [4.69, 9.17) is 0 Å². The third-order valence-electron chi connectivity index (χ3n) is 5.05. The van der Waals surface area contributed by atoms with Crippen molar-refractivity contribution in [2.45, 2.75) is 52.4 Å². The fraction of sp³-hybridized carbons (Fsp3) is 0.360. The van der Waals surface area contributed by atoms with E-state index in [9.17, 15) is 9.18 Å². The first kappa shape index (κ1) is 21.7. The van der Waals surface area contributed by atoms with E-state index >= 15 is 0 Å². The second-order valence-electron chi connectivity index (χ2n) is 7.23. The van der Waals surface area contributed by atoms with Crippen molar-refractivity contribution in [3.63, 3.8) is 0 Å². The average Bonchev–Trinajstić information content (AvgIpc) is 2.69. The largest absolute Gasteiger partial charge is 0.297 e. The van der Waals surface area contributed by atoms with Crippen molar-refractivity contribution in [1.29, 1.82) is 0 Å². The van der Waals surface area contributed by atoms with Crippen molar-refractivity contribution >= 4 is 11.5 Å². The number of aryl methyl sites for hydroxylation is 3. The Labute approximate surface area is 169 Å². The number of carbonyl (C=O) groups is 1. The van der Waals surface area contributed by atoms with Crippen molar-refractivity contribution in [2.75, 3.05) is 7.05 Å². The monoisotopic (exact) mass is 381 g/mol. The van der Waals surface area contributed by atoms with Crippen LogP contribution in [-0.4, -0.2) is 18.5 Å². The lowest BCUT2D eigenvalue weighted by Gasteiger charge is -2.07. The summed E-state index contributed by atoms with van der Waals surface area (Å²) in [5, 5.41) is 0. The Morgan fingerprint density at radius 2 is 1.89 bits per heavy atom. The Bertz CT molecular complexity index is 858. The van der Waals surface area contributed by atoms with Crippen LogP contribution in [0.4, 0.5) is 4.39 Å². The minimum Gasteiger partial charge on any atom is -0.297 e. The summed E-state index contributed by atoms with van der Waals surface area (Å²) < 4.78 is 13.2. The van der Waals surface area contributed by atoms with Crippen molar-refractivity contribution in [3.05, 3.63) is 82.7 Å². The number of unbranched alkanes of at least 4 members (excludes halogenated alkanes) is 1. The van der Waals surface area contributed by atoms with Gasteiger partial charge in [0.2, 0.25) is 0 Å². The molecule has 28 heavy (non-hydrogen) atoms. The highest BCUT2D eigenvalue weighted by Crippen LogP contribution is 2.14. The molecule has 0 heterocycles. The molecule has 0 spiro atoms. The van der Waals surface area contributed by atoms with Crippen LogP contribution < -0.4 is 0 Å². The van der Waals surface area contributed by atoms with Gasteiger partial charge in [0.05, 0.1) is 0 Å². The lowest BCUT2D eigenvalue weighted by Crippen LogP contribution is -1.99. The van der Waals surface area contributed by atoms with E-state index in [2.05, 4.69) is 37.0 Å². The molecule has 0 saturated carbocycles. The molecule has 0 saturated heterocycles. The maximum Gasteiger partial charge on any atom is 0.185 e. The lowest BCUT2D eigenvalue weighted by molar-refractivity contribution is 0.104. The van der Waals surface area contributed by atoms with Gasteiger partial charge < -0.3 is 0 Å². The predicted molar refractivity (Wildman–Crippen MR) is 118 cm³/mol. The summed E-state index contributed by atoms with van der Waals surface area (Å²) in [7, 11) is 1.83.